The van der Waals surface area contributed by atoms with Crippen LogP contribution < -0.4 is 10.6 Å². The van der Waals surface area contributed by atoms with Crippen LogP contribution in [0.3, 0.4) is 0 Å². The Morgan fingerprint density at radius 2 is 1.50 bits per heavy atom. The molecule has 0 aliphatic carbocycles. The number of carbonyl (C=O) groups is 3. The molecule has 3 rings (SSSR count). The van der Waals surface area contributed by atoms with Gasteiger partial charge in [0.05, 0.1) is 0 Å². The van der Waals surface area contributed by atoms with Crippen LogP contribution in [-0.2, 0) is 33.8 Å². The van der Waals surface area contributed by atoms with E-state index in [1.165, 1.54) is 0 Å². The highest BCUT2D eigenvalue weighted by Crippen LogP contribution is 2.15. The topological polar surface area (TPSA) is 118 Å². The number of alkyl carbamates (subject to hydrolysis) is 1. The summed E-state index contributed by atoms with van der Waals surface area (Å²) in [4.78, 5) is 41.4. The summed E-state index contributed by atoms with van der Waals surface area (Å²) >= 11 is 3.29. The van der Waals surface area contributed by atoms with Gasteiger partial charge in [0.15, 0.2) is 0 Å². The lowest BCUT2D eigenvalue weighted by Gasteiger charge is -2.22. The van der Waals surface area contributed by atoms with Crippen molar-refractivity contribution in [2.24, 2.45) is 0 Å². The number of hydrogen-bond acceptors (Lipinski definition) is 5. The molecule has 0 saturated heterocycles. The summed E-state index contributed by atoms with van der Waals surface area (Å²) in [6.45, 7) is 0.0408. The zero-order valence-corrected chi connectivity index (χ0v) is 19.8. The van der Waals surface area contributed by atoms with E-state index in [1.807, 2.05) is 60.7 Å². The molecule has 1 heterocycles. The molecule has 2 aromatic carbocycles. The molecular weight excluding hydrogens is 502 g/mol. The van der Waals surface area contributed by atoms with Gasteiger partial charge in [-0.3, -0.25) is 4.79 Å². The minimum absolute atomic E-state index is 0.0198. The van der Waals surface area contributed by atoms with Crippen LogP contribution in [0.1, 0.15) is 16.7 Å². The quantitative estimate of drug-likeness (QED) is 0.348. The predicted octanol–water partition coefficient (Wildman–Crippen LogP) is 3.49. The van der Waals surface area contributed by atoms with Gasteiger partial charge >= 0.3 is 12.1 Å². The number of rotatable bonds is 10. The van der Waals surface area contributed by atoms with Gasteiger partial charge in [-0.1, -0.05) is 66.7 Å². The highest BCUT2D eigenvalue weighted by atomic mass is 79.9. The van der Waals surface area contributed by atoms with E-state index in [0.29, 0.717) is 10.2 Å². The third-order valence-corrected chi connectivity index (χ3v) is 5.69. The molecule has 0 spiro atoms. The number of nitrogens with one attached hydrogen (secondary N) is 2. The van der Waals surface area contributed by atoms with Crippen molar-refractivity contribution in [2.75, 3.05) is 0 Å². The number of nitrogens with zero attached hydrogens (tertiary/aromatic N) is 1. The molecular formula is C25H24BrN3O5. The van der Waals surface area contributed by atoms with Gasteiger partial charge in [0.2, 0.25) is 5.91 Å². The molecule has 0 bridgehead atoms. The van der Waals surface area contributed by atoms with Crippen LogP contribution in [0, 0.1) is 0 Å². The smallest absolute Gasteiger partial charge is 0.408 e. The fourth-order valence-corrected chi connectivity index (χ4v) is 3.64. The summed E-state index contributed by atoms with van der Waals surface area (Å²) in [5.41, 5.74) is 2.23. The summed E-state index contributed by atoms with van der Waals surface area (Å²) in [6.07, 6.45) is 0.979. The number of aromatic nitrogens is 1. The Bertz CT molecular complexity index is 1110. The van der Waals surface area contributed by atoms with Gasteiger partial charge in [-0.15, -0.1) is 0 Å². The monoisotopic (exact) mass is 525 g/mol. The minimum Gasteiger partial charge on any atom is -0.480 e. The molecule has 176 valence electrons. The Morgan fingerprint density at radius 3 is 2.12 bits per heavy atom. The number of carboxylic acids is 1. The number of benzene rings is 2. The second kappa shape index (κ2) is 12.5. The second-order valence-corrected chi connectivity index (χ2v) is 8.26. The Morgan fingerprint density at radius 1 is 0.853 bits per heavy atom. The normalized spacial score (nSPS) is 12.3. The molecule has 0 unspecified atom stereocenters. The van der Waals surface area contributed by atoms with E-state index in [1.54, 1.807) is 18.3 Å². The first-order chi connectivity index (χ1) is 16.4. The molecule has 2 atom stereocenters. The molecule has 1 aromatic heterocycles. The third-order valence-electron chi connectivity index (χ3n) is 4.98. The van der Waals surface area contributed by atoms with Gasteiger partial charge < -0.3 is 20.5 Å². The van der Waals surface area contributed by atoms with Gasteiger partial charge in [-0.05, 0) is 38.7 Å². The number of hydrogen-bond donors (Lipinski definition) is 3. The van der Waals surface area contributed by atoms with Crippen LogP contribution in [0.4, 0.5) is 4.79 Å². The van der Waals surface area contributed by atoms with Crippen molar-refractivity contribution < 1.29 is 24.2 Å². The standard InChI is InChI=1S/C25H24BrN3O5/c26-22-19(12-7-13-27-22)15-21(24(31)32)28-23(30)20(14-17-8-3-1-4-9-17)29-25(33)34-16-18-10-5-2-6-11-18/h1-13,20-21H,14-16H2,(H,28,30)(H,29,33)(H,31,32)/t20-,21-/m1/s1. The Hall–Kier alpha value is -3.72. The largest absolute Gasteiger partial charge is 0.480 e. The SMILES string of the molecule is O=C(N[C@H](Cc1ccccc1)C(=O)N[C@H](Cc1cccnc1Br)C(=O)O)OCc1ccccc1. The zero-order chi connectivity index (χ0) is 24.3. The molecule has 0 aliphatic heterocycles. The Labute approximate surface area is 205 Å². The van der Waals surface area contributed by atoms with Crippen molar-refractivity contribution in [3.63, 3.8) is 0 Å². The van der Waals surface area contributed by atoms with Crippen LogP contribution in [0.15, 0.2) is 83.6 Å². The van der Waals surface area contributed by atoms with E-state index in [4.69, 9.17) is 4.74 Å². The molecule has 0 aliphatic rings. The van der Waals surface area contributed by atoms with Gasteiger partial charge in [0.1, 0.15) is 23.3 Å². The number of ether oxygens (including phenoxy) is 1. The number of aliphatic carboxylic acids is 1. The molecule has 3 N–H and O–H groups in total. The van der Waals surface area contributed by atoms with E-state index in [0.717, 1.165) is 11.1 Å². The summed E-state index contributed by atoms with van der Waals surface area (Å²) < 4.78 is 5.75. The maximum Gasteiger partial charge on any atom is 0.408 e. The van der Waals surface area contributed by atoms with Gasteiger partial charge in [0, 0.05) is 19.0 Å². The lowest BCUT2D eigenvalue weighted by Crippen LogP contribution is -2.53. The summed E-state index contributed by atoms with van der Waals surface area (Å²) in [5.74, 6) is -1.83. The van der Waals surface area contributed by atoms with Crippen LogP contribution in [0.25, 0.3) is 0 Å². The molecule has 3 aromatic rings. The molecule has 2 amide bonds. The van der Waals surface area contributed by atoms with Gasteiger partial charge in [-0.2, -0.15) is 0 Å². The number of halogens is 1. The van der Waals surface area contributed by atoms with E-state index < -0.39 is 30.1 Å². The first-order valence-electron chi connectivity index (χ1n) is 10.6. The minimum atomic E-state index is -1.21. The van der Waals surface area contributed by atoms with Crippen LogP contribution in [0.2, 0.25) is 0 Å². The first-order valence-corrected chi connectivity index (χ1v) is 11.4. The zero-order valence-electron chi connectivity index (χ0n) is 18.2. The van der Waals surface area contributed by atoms with Crippen LogP contribution >= 0.6 is 15.9 Å². The number of pyridine rings is 1. The fraction of sp³-hybridized carbons (Fsp3) is 0.200. The third kappa shape index (κ3) is 7.70. The van der Waals surface area contributed by atoms with Crippen molar-refractivity contribution in [3.05, 3.63) is 100 Å². The van der Waals surface area contributed by atoms with Crippen molar-refractivity contribution in [1.82, 2.24) is 15.6 Å². The van der Waals surface area contributed by atoms with Gasteiger partial charge in [0.25, 0.3) is 0 Å². The average Bonchev–Trinajstić information content (AvgIpc) is 2.84. The Balaban J connectivity index is 1.70. The second-order valence-electron chi connectivity index (χ2n) is 7.51. The summed E-state index contributed by atoms with van der Waals surface area (Å²) in [7, 11) is 0. The van der Waals surface area contributed by atoms with E-state index in [9.17, 15) is 19.5 Å². The maximum atomic E-state index is 13.1. The van der Waals surface area contributed by atoms with E-state index in [2.05, 4.69) is 31.5 Å². The van der Waals surface area contributed by atoms with Crippen molar-refractivity contribution in [1.29, 1.82) is 0 Å². The average molecular weight is 526 g/mol. The molecule has 34 heavy (non-hydrogen) atoms. The summed E-state index contributed by atoms with van der Waals surface area (Å²) in [6, 6.07) is 19.4. The van der Waals surface area contributed by atoms with Crippen LogP contribution in [-0.4, -0.2) is 40.1 Å². The van der Waals surface area contributed by atoms with E-state index >= 15 is 0 Å². The van der Waals surface area contributed by atoms with Gasteiger partial charge in [-0.25, -0.2) is 14.6 Å². The van der Waals surface area contributed by atoms with E-state index in [-0.39, 0.29) is 19.4 Å². The number of carbonyl (C=O) groups excluding carboxylic acids is 2. The summed E-state index contributed by atoms with van der Waals surface area (Å²) in [5, 5.41) is 14.8. The number of amides is 2. The molecule has 0 saturated carbocycles. The molecule has 8 nitrogen and oxygen atoms in total. The lowest BCUT2D eigenvalue weighted by molar-refractivity contribution is -0.142. The predicted molar refractivity (Wildman–Crippen MR) is 129 cm³/mol. The fourth-order valence-electron chi connectivity index (χ4n) is 3.23. The lowest BCUT2D eigenvalue weighted by atomic mass is 10.0. The molecule has 9 heteroatoms. The Kier molecular flexibility index (Phi) is 9.16. The van der Waals surface area contributed by atoms with Crippen molar-refractivity contribution in [3.8, 4) is 0 Å². The maximum absolute atomic E-state index is 13.1. The van der Waals surface area contributed by atoms with Crippen molar-refractivity contribution >= 4 is 33.9 Å². The number of carboxylic acid groups (broad SMARTS) is 1. The highest BCUT2D eigenvalue weighted by molar-refractivity contribution is 9.10. The first kappa shape index (κ1) is 24.9. The van der Waals surface area contributed by atoms with Crippen LogP contribution in [0.5, 0.6) is 0 Å². The molecule has 0 radical (unpaired) electrons. The highest BCUT2D eigenvalue weighted by Gasteiger charge is 2.28. The molecule has 0 fully saturated rings. The van der Waals surface area contributed by atoms with Crippen molar-refractivity contribution in [2.45, 2.75) is 31.5 Å².